The van der Waals surface area contributed by atoms with Gasteiger partial charge in [0, 0.05) is 23.3 Å². The summed E-state index contributed by atoms with van der Waals surface area (Å²) in [6.45, 7) is 5.98. The minimum atomic E-state index is -0.107. The molecule has 0 aliphatic carbocycles. The number of urea groups is 1. The van der Waals surface area contributed by atoms with Gasteiger partial charge < -0.3 is 10.2 Å². The Balaban J connectivity index is 2.14. The van der Waals surface area contributed by atoms with E-state index in [4.69, 9.17) is 10.9 Å². The fourth-order valence-electron chi connectivity index (χ4n) is 2.78. The number of aryl methyl sites for hydroxylation is 1. The topological polar surface area (TPSA) is 92.4 Å². The molecule has 112 valence electrons. The zero-order valence-electron chi connectivity index (χ0n) is 12.6. The second-order valence-corrected chi connectivity index (χ2v) is 5.47. The highest BCUT2D eigenvalue weighted by Crippen LogP contribution is 2.28. The number of carbonyl (C=O) groups is 1. The molecule has 1 aromatic carbocycles. The van der Waals surface area contributed by atoms with Crippen molar-refractivity contribution in [2.24, 2.45) is 5.11 Å². The number of hydrogen-bond donors (Lipinski definition) is 3. The summed E-state index contributed by atoms with van der Waals surface area (Å²) in [5, 5.41) is 13.7. The molecule has 0 spiro atoms. The maximum atomic E-state index is 12.3. The van der Waals surface area contributed by atoms with Crippen LogP contribution >= 0.6 is 0 Å². The second-order valence-electron chi connectivity index (χ2n) is 5.47. The van der Waals surface area contributed by atoms with Crippen LogP contribution < -0.4 is 5.32 Å². The van der Waals surface area contributed by atoms with Crippen LogP contribution in [0.25, 0.3) is 0 Å². The number of rotatable bonds is 3. The van der Waals surface area contributed by atoms with Gasteiger partial charge in [0.25, 0.3) is 0 Å². The number of likely N-dealkylation sites (tertiary alicyclic amines) is 1. The Bertz CT molecular complexity index is 583. The molecular formula is C15H21N5O. The molecule has 0 aromatic heterocycles. The van der Waals surface area contributed by atoms with Gasteiger partial charge in [-0.3, -0.25) is 5.41 Å². The van der Waals surface area contributed by atoms with E-state index in [1.807, 2.05) is 24.8 Å². The summed E-state index contributed by atoms with van der Waals surface area (Å²) < 4.78 is 0. The SMILES string of the molecule is CCC1CC(C)N1C(=O)Nc1ccc(C)c(C(=N)N=N)c1. The first kappa shape index (κ1) is 15.2. The van der Waals surface area contributed by atoms with Gasteiger partial charge in [-0.15, -0.1) is 5.11 Å². The van der Waals surface area contributed by atoms with Crippen molar-refractivity contribution in [2.45, 2.75) is 45.7 Å². The number of amidine groups is 1. The summed E-state index contributed by atoms with van der Waals surface area (Å²) >= 11 is 0. The average molecular weight is 287 g/mol. The smallest absolute Gasteiger partial charge is 0.319 e. The van der Waals surface area contributed by atoms with E-state index < -0.39 is 0 Å². The Kier molecular flexibility index (Phi) is 4.35. The monoisotopic (exact) mass is 287 g/mol. The van der Waals surface area contributed by atoms with E-state index in [1.165, 1.54) is 0 Å². The summed E-state index contributed by atoms with van der Waals surface area (Å²) in [6, 6.07) is 5.79. The third-order valence-electron chi connectivity index (χ3n) is 4.04. The molecule has 6 heteroatoms. The summed E-state index contributed by atoms with van der Waals surface area (Å²) in [5.74, 6) is -0.104. The van der Waals surface area contributed by atoms with Crippen LogP contribution in [-0.2, 0) is 0 Å². The molecule has 1 aliphatic rings. The van der Waals surface area contributed by atoms with Crippen molar-refractivity contribution in [2.75, 3.05) is 5.32 Å². The highest BCUT2D eigenvalue weighted by Gasteiger charge is 2.37. The maximum absolute atomic E-state index is 12.3. The van der Waals surface area contributed by atoms with Gasteiger partial charge in [0.05, 0.1) is 0 Å². The molecule has 2 atom stereocenters. The van der Waals surface area contributed by atoms with Crippen LogP contribution in [0.5, 0.6) is 0 Å². The molecule has 0 bridgehead atoms. The lowest BCUT2D eigenvalue weighted by Gasteiger charge is -2.46. The van der Waals surface area contributed by atoms with E-state index in [-0.39, 0.29) is 17.9 Å². The summed E-state index contributed by atoms with van der Waals surface area (Å²) in [7, 11) is 0. The first-order valence-electron chi connectivity index (χ1n) is 7.14. The van der Waals surface area contributed by atoms with Crippen LogP contribution in [0.3, 0.4) is 0 Å². The number of amides is 2. The molecule has 2 amide bonds. The van der Waals surface area contributed by atoms with Crippen molar-refractivity contribution in [1.29, 1.82) is 10.9 Å². The summed E-state index contributed by atoms with van der Waals surface area (Å²) in [5.41, 5.74) is 8.99. The largest absolute Gasteiger partial charge is 0.322 e. The van der Waals surface area contributed by atoms with Gasteiger partial charge in [-0.25, -0.2) is 10.3 Å². The molecule has 2 unspecified atom stereocenters. The lowest BCUT2D eigenvalue weighted by Crippen LogP contribution is -2.58. The highest BCUT2D eigenvalue weighted by molar-refractivity contribution is 6.00. The van der Waals surface area contributed by atoms with Gasteiger partial charge in [-0.2, -0.15) is 0 Å². The highest BCUT2D eigenvalue weighted by atomic mass is 16.2. The minimum absolute atomic E-state index is 0.104. The van der Waals surface area contributed by atoms with E-state index in [2.05, 4.69) is 17.4 Å². The number of nitrogens with zero attached hydrogens (tertiary/aromatic N) is 2. The van der Waals surface area contributed by atoms with E-state index in [9.17, 15) is 4.79 Å². The molecule has 1 aliphatic heterocycles. The van der Waals surface area contributed by atoms with Crippen LogP contribution in [0.4, 0.5) is 10.5 Å². The van der Waals surface area contributed by atoms with Crippen molar-refractivity contribution in [1.82, 2.24) is 4.90 Å². The first-order chi connectivity index (χ1) is 9.97. The fraction of sp³-hybridized carbons (Fsp3) is 0.467. The quantitative estimate of drug-likeness (QED) is 0.441. The zero-order valence-corrected chi connectivity index (χ0v) is 12.6. The summed E-state index contributed by atoms with van der Waals surface area (Å²) in [6.07, 6.45) is 2.00. The number of anilines is 1. The zero-order chi connectivity index (χ0) is 15.6. The Labute approximate surface area is 124 Å². The predicted octanol–water partition coefficient (Wildman–Crippen LogP) is 3.76. The first-order valence-corrected chi connectivity index (χ1v) is 7.14. The number of nitrogens with one attached hydrogen (secondary N) is 3. The average Bonchev–Trinajstić information content (AvgIpc) is 2.45. The lowest BCUT2D eigenvalue weighted by molar-refractivity contribution is 0.0688. The van der Waals surface area contributed by atoms with E-state index in [0.29, 0.717) is 17.3 Å². The normalized spacial score (nSPS) is 20.6. The maximum Gasteiger partial charge on any atom is 0.322 e. The Morgan fingerprint density at radius 3 is 2.81 bits per heavy atom. The number of hydrogen-bond acceptors (Lipinski definition) is 3. The molecule has 1 saturated heterocycles. The lowest BCUT2D eigenvalue weighted by atomic mass is 9.93. The Hall–Kier alpha value is -2.24. The van der Waals surface area contributed by atoms with Crippen molar-refractivity contribution < 1.29 is 4.79 Å². The molecule has 1 aromatic rings. The fourth-order valence-corrected chi connectivity index (χ4v) is 2.78. The predicted molar refractivity (Wildman–Crippen MR) is 82.2 cm³/mol. The standard InChI is InChI=1S/C15H21N5O/c1-4-12-7-10(3)20(12)15(21)18-11-6-5-9(2)13(8-11)14(16)19-17/h5-6,8,10,12,16-17H,4,7H2,1-3H3,(H,18,21). The van der Waals surface area contributed by atoms with Crippen LogP contribution in [0.1, 0.15) is 37.8 Å². The van der Waals surface area contributed by atoms with E-state index >= 15 is 0 Å². The van der Waals surface area contributed by atoms with Gasteiger partial charge in [0.15, 0.2) is 5.84 Å². The van der Waals surface area contributed by atoms with Gasteiger partial charge >= 0.3 is 6.03 Å². The summed E-state index contributed by atoms with van der Waals surface area (Å²) in [4.78, 5) is 14.2. The van der Waals surface area contributed by atoms with Crippen LogP contribution in [-0.4, -0.2) is 28.9 Å². The molecule has 21 heavy (non-hydrogen) atoms. The Morgan fingerprint density at radius 2 is 2.24 bits per heavy atom. The molecule has 0 radical (unpaired) electrons. The minimum Gasteiger partial charge on any atom is -0.319 e. The Morgan fingerprint density at radius 1 is 1.52 bits per heavy atom. The van der Waals surface area contributed by atoms with E-state index in [1.54, 1.807) is 12.1 Å². The van der Waals surface area contributed by atoms with Crippen LogP contribution in [0.15, 0.2) is 23.3 Å². The molecule has 0 saturated carbocycles. The third-order valence-corrected chi connectivity index (χ3v) is 4.04. The molecule has 3 N–H and O–H groups in total. The van der Waals surface area contributed by atoms with E-state index in [0.717, 1.165) is 18.4 Å². The molecule has 2 rings (SSSR count). The van der Waals surface area contributed by atoms with Gasteiger partial charge in [-0.05, 0) is 44.4 Å². The van der Waals surface area contributed by atoms with Crippen molar-refractivity contribution in [3.8, 4) is 0 Å². The van der Waals surface area contributed by atoms with Crippen molar-refractivity contribution >= 4 is 17.6 Å². The second kappa shape index (κ2) is 6.03. The molecule has 1 fully saturated rings. The van der Waals surface area contributed by atoms with Gasteiger partial charge in [-0.1, -0.05) is 13.0 Å². The molecular weight excluding hydrogens is 266 g/mol. The van der Waals surface area contributed by atoms with Crippen LogP contribution in [0, 0.1) is 17.9 Å². The molecule has 6 nitrogen and oxygen atoms in total. The van der Waals surface area contributed by atoms with Crippen molar-refractivity contribution in [3.63, 3.8) is 0 Å². The number of benzene rings is 1. The molecule has 1 heterocycles. The van der Waals surface area contributed by atoms with Gasteiger partial charge in [0.2, 0.25) is 0 Å². The van der Waals surface area contributed by atoms with Gasteiger partial charge in [0.1, 0.15) is 0 Å². The third kappa shape index (κ3) is 2.94. The number of carbonyl (C=O) groups excluding carboxylic acids is 1. The van der Waals surface area contributed by atoms with Crippen LogP contribution in [0.2, 0.25) is 0 Å². The van der Waals surface area contributed by atoms with Crippen molar-refractivity contribution in [3.05, 3.63) is 29.3 Å².